The van der Waals surface area contributed by atoms with Crippen LogP contribution in [0.5, 0.6) is 11.5 Å². The predicted molar refractivity (Wildman–Crippen MR) is 158 cm³/mol. The summed E-state index contributed by atoms with van der Waals surface area (Å²) in [4.78, 5) is 19.1. The van der Waals surface area contributed by atoms with E-state index in [4.69, 9.17) is 19.2 Å². The van der Waals surface area contributed by atoms with Crippen LogP contribution in [-0.2, 0) is 22.4 Å². The van der Waals surface area contributed by atoms with Gasteiger partial charge in [0, 0.05) is 49.1 Å². The van der Waals surface area contributed by atoms with Crippen LogP contribution < -0.4 is 14.8 Å². The Morgan fingerprint density at radius 1 is 1.20 bits per heavy atom. The first-order chi connectivity index (χ1) is 19.7. The van der Waals surface area contributed by atoms with E-state index in [9.17, 15) is 14.3 Å². The van der Waals surface area contributed by atoms with Crippen LogP contribution in [0, 0.1) is 5.82 Å². The molecular weight excluding hydrogens is 525 g/mol. The minimum absolute atomic E-state index is 0.00162. The van der Waals surface area contributed by atoms with E-state index in [1.54, 1.807) is 6.07 Å². The molecule has 226 valence electrons. The third-order valence-electron chi connectivity index (χ3n) is 7.86. The highest BCUT2D eigenvalue weighted by molar-refractivity contribution is 5.77. The maximum atomic E-state index is 14.8. The molecule has 4 rings (SSSR count). The van der Waals surface area contributed by atoms with Crippen molar-refractivity contribution >= 4 is 11.8 Å². The van der Waals surface area contributed by atoms with E-state index in [1.165, 1.54) is 18.7 Å². The summed E-state index contributed by atoms with van der Waals surface area (Å²) in [6, 6.07) is 4.31. The van der Waals surface area contributed by atoms with Gasteiger partial charge in [0.25, 0.3) is 0 Å². The van der Waals surface area contributed by atoms with Crippen molar-refractivity contribution in [1.29, 1.82) is 0 Å². The van der Waals surface area contributed by atoms with E-state index in [-0.39, 0.29) is 23.9 Å². The minimum atomic E-state index is -1.02. The molecule has 0 aliphatic carbocycles. The van der Waals surface area contributed by atoms with Crippen LogP contribution >= 0.6 is 0 Å². The third kappa shape index (κ3) is 7.89. The van der Waals surface area contributed by atoms with E-state index in [1.807, 2.05) is 18.7 Å². The zero-order chi connectivity index (χ0) is 29.5. The molecule has 3 heterocycles. The summed E-state index contributed by atoms with van der Waals surface area (Å²) in [7, 11) is 1.38. The number of hydrogen-bond donors (Lipinski definition) is 2. The van der Waals surface area contributed by atoms with Gasteiger partial charge in [-0.2, -0.15) is 0 Å². The Morgan fingerprint density at radius 3 is 2.71 bits per heavy atom. The molecule has 2 atom stereocenters. The van der Waals surface area contributed by atoms with Crippen molar-refractivity contribution in [3.8, 4) is 11.5 Å². The van der Waals surface area contributed by atoms with Crippen molar-refractivity contribution in [2.75, 3.05) is 38.7 Å². The van der Waals surface area contributed by atoms with Gasteiger partial charge in [-0.1, -0.05) is 20.3 Å². The van der Waals surface area contributed by atoms with Gasteiger partial charge in [-0.25, -0.2) is 9.37 Å². The van der Waals surface area contributed by atoms with Crippen molar-refractivity contribution < 1.29 is 28.5 Å². The van der Waals surface area contributed by atoms with Crippen LogP contribution in [0.4, 0.5) is 10.2 Å². The molecule has 0 unspecified atom stereocenters. The number of carbonyl (C=O) groups is 1. The second kappa shape index (κ2) is 14.3. The molecule has 8 nitrogen and oxygen atoms in total. The average Bonchev–Trinajstić information content (AvgIpc) is 3.38. The molecule has 1 saturated heterocycles. The molecule has 0 bridgehead atoms. The van der Waals surface area contributed by atoms with Gasteiger partial charge < -0.3 is 24.6 Å². The second-order valence-electron chi connectivity index (χ2n) is 11.7. The Kier molecular flexibility index (Phi) is 10.8. The number of aliphatic carboxylic acids is 1. The van der Waals surface area contributed by atoms with Gasteiger partial charge in [-0.05, 0) is 76.0 Å². The van der Waals surface area contributed by atoms with Gasteiger partial charge >= 0.3 is 5.97 Å². The number of unbranched alkanes of at least 4 members (excludes halogenated alkanes) is 2. The smallest absolute Gasteiger partial charge is 0.325 e. The van der Waals surface area contributed by atoms with E-state index in [2.05, 4.69) is 25.2 Å². The summed E-state index contributed by atoms with van der Waals surface area (Å²) < 4.78 is 32.3. The Morgan fingerprint density at radius 2 is 2.00 bits per heavy atom. The first-order valence-electron chi connectivity index (χ1n) is 15.1. The molecule has 0 radical (unpaired) electrons. The number of pyridine rings is 1. The Bertz CT molecular complexity index is 1190. The normalized spacial score (nSPS) is 17.9. The first kappa shape index (κ1) is 31.0. The highest BCUT2D eigenvalue weighted by atomic mass is 19.1. The monoisotopic (exact) mass is 571 g/mol. The fourth-order valence-corrected chi connectivity index (χ4v) is 5.78. The van der Waals surface area contributed by atoms with Gasteiger partial charge in [0.05, 0.1) is 19.3 Å². The fraction of sp³-hybridized carbons (Fsp3) is 0.625. The molecule has 0 saturated carbocycles. The molecule has 1 aromatic carbocycles. The molecule has 2 aromatic rings. The summed E-state index contributed by atoms with van der Waals surface area (Å²) in [6.07, 6.45) is 6.73. The number of fused-ring (bicyclic) bond motifs is 1. The Hall–Kier alpha value is -2.91. The number of anilines is 1. The highest BCUT2D eigenvalue weighted by Gasteiger charge is 2.36. The summed E-state index contributed by atoms with van der Waals surface area (Å²) in [5, 5.41) is 13.6. The lowest BCUT2D eigenvalue weighted by atomic mass is 9.95. The number of rotatable bonds is 14. The number of carboxylic acid groups (broad SMARTS) is 1. The molecular formula is C32H46FN3O5. The van der Waals surface area contributed by atoms with Crippen LogP contribution in [0.15, 0.2) is 18.2 Å². The summed E-state index contributed by atoms with van der Waals surface area (Å²) in [6.45, 7) is 10.6. The number of halogens is 1. The molecule has 9 heteroatoms. The van der Waals surface area contributed by atoms with Crippen molar-refractivity contribution in [1.82, 2.24) is 9.88 Å². The van der Waals surface area contributed by atoms with Gasteiger partial charge in [-0.3, -0.25) is 9.69 Å². The second-order valence-corrected chi connectivity index (χ2v) is 11.7. The van der Waals surface area contributed by atoms with E-state index in [0.29, 0.717) is 25.3 Å². The minimum Gasteiger partial charge on any atom is -0.493 e. The van der Waals surface area contributed by atoms with Crippen molar-refractivity contribution in [3.63, 3.8) is 0 Å². The van der Waals surface area contributed by atoms with Crippen LogP contribution in [0.2, 0.25) is 0 Å². The molecule has 1 fully saturated rings. The zero-order valence-corrected chi connectivity index (χ0v) is 25.2. The number of ether oxygens (including phenoxy) is 3. The number of methoxy groups -OCH3 is 1. The molecule has 2 N–H and O–H groups in total. The molecule has 2 aliphatic rings. The van der Waals surface area contributed by atoms with Gasteiger partial charge in [0.15, 0.2) is 11.6 Å². The van der Waals surface area contributed by atoms with Crippen molar-refractivity contribution in [2.24, 2.45) is 0 Å². The molecule has 0 spiro atoms. The third-order valence-corrected chi connectivity index (χ3v) is 7.86. The van der Waals surface area contributed by atoms with E-state index < -0.39 is 17.8 Å². The first-order valence-corrected chi connectivity index (χ1v) is 15.1. The predicted octanol–water partition coefficient (Wildman–Crippen LogP) is 6.13. The number of carboxylic acids is 1. The van der Waals surface area contributed by atoms with Crippen LogP contribution in [0.25, 0.3) is 0 Å². The van der Waals surface area contributed by atoms with E-state index >= 15 is 0 Å². The standard InChI is InChI=1S/C32H46FN3O5/c1-20(2)22-16-26(30(39-5)27(33)17-22)29(32(37)38)36-14-12-24(19-36)40-15-8-6-7-10-23-18-28(41-21(3)4)25-11-9-13-34-31(25)35-23/h16-18,20-21,24,29H,6-15,19H2,1-5H3,(H,34,35)(H,37,38)/t24-,29-/m1/s1. The largest absolute Gasteiger partial charge is 0.493 e. The summed E-state index contributed by atoms with van der Waals surface area (Å²) in [5.74, 6) is 0.438. The van der Waals surface area contributed by atoms with Gasteiger partial charge in [-0.15, -0.1) is 0 Å². The number of likely N-dealkylation sites (tertiary alicyclic amines) is 1. The lowest BCUT2D eigenvalue weighted by Crippen LogP contribution is -2.34. The molecule has 0 amide bonds. The SMILES string of the molecule is COc1c(F)cc(C(C)C)cc1[C@H](C(=O)O)N1CC[C@@H](OCCCCCc2cc(OC(C)C)c3c(n2)NCCC3)C1. The van der Waals surface area contributed by atoms with Gasteiger partial charge in [0.1, 0.15) is 17.6 Å². The van der Waals surface area contributed by atoms with Crippen LogP contribution in [-0.4, -0.2) is 66.5 Å². The summed E-state index contributed by atoms with van der Waals surface area (Å²) in [5.41, 5.74) is 3.35. The molecule has 41 heavy (non-hydrogen) atoms. The average molecular weight is 572 g/mol. The highest BCUT2D eigenvalue weighted by Crippen LogP contribution is 2.37. The Balaban J connectivity index is 1.27. The number of aryl methyl sites for hydroxylation is 1. The lowest BCUT2D eigenvalue weighted by Gasteiger charge is -2.27. The number of aromatic nitrogens is 1. The molecule has 1 aromatic heterocycles. The number of nitrogens with one attached hydrogen (secondary N) is 1. The maximum Gasteiger partial charge on any atom is 0.325 e. The summed E-state index contributed by atoms with van der Waals surface area (Å²) >= 11 is 0. The Labute approximate surface area is 243 Å². The van der Waals surface area contributed by atoms with Crippen LogP contribution in [0.1, 0.15) is 94.1 Å². The zero-order valence-electron chi connectivity index (χ0n) is 25.2. The maximum absolute atomic E-state index is 14.8. The number of hydrogen-bond acceptors (Lipinski definition) is 7. The number of benzene rings is 1. The fourth-order valence-electron chi connectivity index (χ4n) is 5.78. The van der Waals surface area contributed by atoms with Crippen molar-refractivity contribution in [3.05, 3.63) is 46.4 Å². The topological polar surface area (TPSA) is 93.2 Å². The van der Waals surface area contributed by atoms with Crippen LogP contribution in [0.3, 0.4) is 0 Å². The quantitative estimate of drug-likeness (QED) is 0.262. The number of nitrogens with zero attached hydrogens (tertiary/aromatic N) is 2. The van der Waals surface area contributed by atoms with Crippen molar-refractivity contribution in [2.45, 2.75) is 96.8 Å². The molecule has 2 aliphatic heterocycles. The van der Waals surface area contributed by atoms with E-state index in [0.717, 1.165) is 74.3 Å². The lowest BCUT2D eigenvalue weighted by molar-refractivity contribution is -0.143. The van der Waals surface area contributed by atoms with Gasteiger partial charge in [0.2, 0.25) is 0 Å².